The van der Waals surface area contributed by atoms with E-state index in [2.05, 4.69) is 17.6 Å². The molecule has 0 spiro atoms. The van der Waals surface area contributed by atoms with Crippen molar-refractivity contribution in [3.63, 3.8) is 0 Å². The summed E-state index contributed by atoms with van der Waals surface area (Å²) < 4.78 is 0. The van der Waals surface area contributed by atoms with Gasteiger partial charge in [-0.1, -0.05) is 13.3 Å². The zero-order valence-electron chi connectivity index (χ0n) is 10.9. The van der Waals surface area contributed by atoms with Crippen LogP contribution in [0.1, 0.15) is 51.9 Å². The van der Waals surface area contributed by atoms with Gasteiger partial charge in [0, 0.05) is 13.2 Å². The number of hydrogen-bond donors (Lipinski definition) is 3. The first-order chi connectivity index (χ1) is 8.25. The lowest BCUT2D eigenvalue weighted by Gasteiger charge is -2.27. The van der Waals surface area contributed by atoms with Gasteiger partial charge in [-0.3, -0.25) is 4.79 Å². The van der Waals surface area contributed by atoms with E-state index < -0.39 is 0 Å². The van der Waals surface area contributed by atoms with E-state index in [0.717, 1.165) is 58.0 Å². The lowest BCUT2D eigenvalue weighted by molar-refractivity contribution is -0.127. The van der Waals surface area contributed by atoms with Gasteiger partial charge in [0.25, 0.3) is 0 Å². The molecule has 0 aromatic rings. The van der Waals surface area contributed by atoms with Crippen molar-refractivity contribution in [2.24, 2.45) is 0 Å². The maximum atomic E-state index is 12.2. The predicted molar refractivity (Wildman–Crippen MR) is 68.8 cm³/mol. The lowest BCUT2D eigenvalue weighted by atomic mass is 9.91. The van der Waals surface area contributed by atoms with Crippen LogP contribution in [0.25, 0.3) is 0 Å². The van der Waals surface area contributed by atoms with Crippen LogP contribution in [0.5, 0.6) is 0 Å². The van der Waals surface area contributed by atoms with Crippen LogP contribution in [-0.4, -0.2) is 36.2 Å². The third kappa shape index (κ3) is 4.28. The maximum absolute atomic E-state index is 12.2. The van der Waals surface area contributed by atoms with E-state index in [1.54, 1.807) is 0 Å². The van der Waals surface area contributed by atoms with Crippen LogP contribution in [0.2, 0.25) is 0 Å². The van der Waals surface area contributed by atoms with Gasteiger partial charge in [-0.2, -0.15) is 0 Å². The van der Waals surface area contributed by atoms with Gasteiger partial charge in [0.2, 0.25) is 5.91 Å². The first-order valence-corrected chi connectivity index (χ1v) is 6.89. The van der Waals surface area contributed by atoms with Crippen molar-refractivity contribution in [3.05, 3.63) is 0 Å². The van der Waals surface area contributed by atoms with Gasteiger partial charge in [0.15, 0.2) is 0 Å². The fourth-order valence-electron chi connectivity index (χ4n) is 2.54. The monoisotopic (exact) mass is 242 g/mol. The molecule has 100 valence electrons. The van der Waals surface area contributed by atoms with Crippen LogP contribution in [0.3, 0.4) is 0 Å². The van der Waals surface area contributed by atoms with Crippen molar-refractivity contribution in [2.75, 3.05) is 19.7 Å². The summed E-state index contributed by atoms with van der Waals surface area (Å²) in [6.07, 6.45) is 6.77. The standard InChI is InChI=1S/C13H26N2O2/c1-2-7-13(8-6-10-15-13)12(17)14-9-4-3-5-11-16/h15-16H,2-11H2,1H3,(H,14,17). The molecule has 1 fully saturated rings. The molecule has 17 heavy (non-hydrogen) atoms. The van der Waals surface area contributed by atoms with Crippen molar-refractivity contribution >= 4 is 5.91 Å². The van der Waals surface area contributed by atoms with E-state index in [1.165, 1.54) is 0 Å². The molecular weight excluding hydrogens is 216 g/mol. The number of aliphatic hydroxyl groups excluding tert-OH is 1. The Balaban J connectivity index is 2.28. The number of carbonyl (C=O) groups excluding carboxylic acids is 1. The Hall–Kier alpha value is -0.610. The number of aliphatic hydroxyl groups is 1. The molecule has 4 heteroatoms. The van der Waals surface area contributed by atoms with E-state index in [-0.39, 0.29) is 18.1 Å². The third-order valence-electron chi connectivity index (χ3n) is 3.48. The van der Waals surface area contributed by atoms with Gasteiger partial charge < -0.3 is 15.7 Å². The normalized spacial score (nSPS) is 23.9. The maximum Gasteiger partial charge on any atom is 0.240 e. The summed E-state index contributed by atoms with van der Waals surface area (Å²) in [4.78, 5) is 12.2. The van der Waals surface area contributed by atoms with Gasteiger partial charge in [-0.05, 0) is 45.1 Å². The topological polar surface area (TPSA) is 61.4 Å². The minimum Gasteiger partial charge on any atom is -0.396 e. The molecule has 1 unspecified atom stereocenters. The largest absolute Gasteiger partial charge is 0.396 e. The third-order valence-corrected chi connectivity index (χ3v) is 3.48. The van der Waals surface area contributed by atoms with Crippen molar-refractivity contribution in [1.29, 1.82) is 0 Å². The fraction of sp³-hybridized carbons (Fsp3) is 0.923. The number of rotatable bonds is 8. The molecule has 1 aliphatic heterocycles. The van der Waals surface area contributed by atoms with Gasteiger partial charge in [-0.15, -0.1) is 0 Å². The van der Waals surface area contributed by atoms with Gasteiger partial charge in [0.05, 0.1) is 5.54 Å². The second-order valence-corrected chi connectivity index (χ2v) is 4.90. The van der Waals surface area contributed by atoms with E-state index in [1.807, 2.05) is 0 Å². The summed E-state index contributed by atoms with van der Waals surface area (Å²) >= 11 is 0. The Kier molecular flexibility index (Phi) is 6.52. The lowest BCUT2D eigenvalue weighted by Crippen LogP contribution is -2.53. The summed E-state index contributed by atoms with van der Waals surface area (Å²) in [6.45, 7) is 4.05. The molecule has 1 saturated heterocycles. The Labute approximate surface area is 104 Å². The highest BCUT2D eigenvalue weighted by molar-refractivity contribution is 5.86. The van der Waals surface area contributed by atoms with Crippen LogP contribution < -0.4 is 10.6 Å². The summed E-state index contributed by atoms with van der Waals surface area (Å²) in [5, 5.41) is 15.1. The minimum absolute atomic E-state index is 0.167. The SMILES string of the molecule is CCCC1(C(=O)NCCCCCO)CCCN1. The van der Waals surface area contributed by atoms with E-state index >= 15 is 0 Å². The Morgan fingerprint density at radius 1 is 1.41 bits per heavy atom. The molecule has 1 heterocycles. The number of unbranched alkanes of at least 4 members (excludes halogenated alkanes) is 2. The molecule has 0 aliphatic carbocycles. The molecule has 1 atom stereocenters. The van der Waals surface area contributed by atoms with Gasteiger partial charge in [0.1, 0.15) is 0 Å². The zero-order chi connectivity index (χ0) is 12.6. The highest BCUT2D eigenvalue weighted by Gasteiger charge is 2.39. The fourth-order valence-corrected chi connectivity index (χ4v) is 2.54. The average Bonchev–Trinajstić information content (AvgIpc) is 2.79. The molecule has 0 saturated carbocycles. The van der Waals surface area contributed by atoms with Gasteiger partial charge >= 0.3 is 0 Å². The van der Waals surface area contributed by atoms with Gasteiger partial charge in [-0.25, -0.2) is 0 Å². The highest BCUT2D eigenvalue weighted by atomic mass is 16.2. The summed E-state index contributed by atoms with van der Waals surface area (Å²) in [6, 6.07) is 0. The molecule has 1 aliphatic rings. The average molecular weight is 242 g/mol. The van der Waals surface area contributed by atoms with Crippen LogP contribution in [0.4, 0.5) is 0 Å². The molecule has 1 amide bonds. The highest BCUT2D eigenvalue weighted by Crippen LogP contribution is 2.24. The zero-order valence-corrected chi connectivity index (χ0v) is 10.9. The van der Waals surface area contributed by atoms with Crippen molar-refractivity contribution in [3.8, 4) is 0 Å². The smallest absolute Gasteiger partial charge is 0.240 e. The second kappa shape index (κ2) is 7.67. The number of nitrogens with one attached hydrogen (secondary N) is 2. The number of carbonyl (C=O) groups is 1. The van der Waals surface area contributed by atoms with Crippen LogP contribution in [-0.2, 0) is 4.79 Å². The first-order valence-electron chi connectivity index (χ1n) is 6.89. The molecule has 0 bridgehead atoms. The predicted octanol–water partition coefficient (Wildman–Crippen LogP) is 1.19. The van der Waals surface area contributed by atoms with E-state index in [4.69, 9.17) is 5.11 Å². The molecule has 1 rings (SSSR count). The number of hydrogen-bond acceptors (Lipinski definition) is 3. The molecule has 0 radical (unpaired) electrons. The van der Waals surface area contributed by atoms with E-state index in [9.17, 15) is 4.79 Å². The number of amides is 1. The van der Waals surface area contributed by atoms with Crippen molar-refractivity contribution in [2.45, 2.75) is 57.4 Å². The Morgan fingerprint density at radius 3 is 2.82 bits per heavy atom. The molecule has 3 N–H and O–H groups in total. The molecule has 0 aromatic carbocycles. The van der Waals surface area contributed by atoms with Crippen LogP contribution in [0, 0.1) is 0 Å². The Bertz CT molecular complexity index is 225. The molecule has 0 aromatic heterocycles. The summed E-state index contributed by atoms with van der Waals surface area (Å²) in [7, 11) is 0. The minimum atomic E-state index is -0.300. The Morgan fingerprint density at radius 2 is 2.24 bits per heavy atom. The first kappa shape index (κ1) is 14.5. The van der Waals surface area contributed by atoms with Crippen molar-refractivity contribution < 1.29 is 9.90 Å². The quantitative estimate of drug-likeness (QED) is 0.560. The second-order valence-electron chi connectivity index (χ2n) is 4.90. The van der Waals surface area contributed by atoms with E-state index in [0.29, 0.717) is 0 Å². The molecular formula is C13H26N2O2. The molecule has 4 nitrogen and oxygen atoms in total. The van der Waals surface area contributed by atoms with Crippen LogP contribution in [0.15, 0.2) is 0 Å². The van der Waals surface area contributed by atoms with Crippen LogP contribution >= 0.6 is 0 Å². The summed E-state index contributed by atoms with van der Waals surface area (Å²) in [5.41, 5.74) is -0.300. The summed E-state index contributed by atoms with van der Waals surface area (Å²) in [5.74, 6) is 0.167. The van der Waals surface area contributed by atoms with Crippen molar-refractivity contribution in [1.82, 2.24) is 10.6 Å².